The average Bonchev–Trinajstić information content (AvgIpc) is 3.17. The Bertz CT molecular complexity index is 1220. The molecular weight excluding hydrogens is 412 g/mol. The van der Waals surface area contributed by atoms with Crippen molar-refractivity contribution in [2.45, 2.75) is 19.1 Å². The van der Waals surface area contributed by atoms with Gasteiger partial charge in [0.05, 0.1) is 11.0 Å². The number of nitro benzene ring substituents is 1. The lowest BCUT2D eigenvalue weighted by molar-refractivity contribution is -0.385. The molecule has 0 saturated carbocycles. The number of carboxylic acids is 1. The molecule has 32 heavy (non-hydrogen) atoms. The van der Waals surface area contributed by atoms with Crippen molar-refractivity contribution in [3.63, 3.8) is 0 Å². The van der Waals surface area contributed by atoms with Gasteiger partial charge >= 0.3 is 11.9 Å². The van der Waals surface area contributed by atoms with Crippen LogP contribution in [0.15, 0.2) is 66.7 Å². The first-order chi connectivity index (χ1) is 15.4. The summed E-state index contributed by atoms with van der Waals surface area (Å²) in [5.74, 6) is -4.34. The summed E-state index contributed by atoms with van der Waals surface area (Å²) in [6, 6.07) is 17.7. The molecule has 3 aromatic rings. The SMILES string of the molecule is NC(c1ccccc1[N+](=O)[O-])C(C(=O)O)C(=O)OCc1cccc2c1Cc1ccccc1-2. The summed E-state index contributed by atoms with van der Waals surface area (Å²) in [5, 5.41) is 20.9. The summed E-state index contributed by atoms with van der Waals surface area (Å²) >= 11 is 0. The second kappa shape index (κ2) is 8.60. The molecule has 0 aliphatic heterocycles. The Kier molecular flexibility index (Phi) is 5.70. The van der Waals surface area contributed by atoms with E-state index < -0.39 is 28.8 Å². The Morgan fingerprint density at radius 1 is 1.03 bits per heavy atom. The standard InChI is InChI=1S/C24H20N2O6/c25-22(18-9-3-4-11-20(18)26(30)31)21(23(27)28)24(29)32-13-15-7-5-10-17-16-8-2-1-6-14(16)12-19(15)17/h1-11,21-22H,12-13,25H2,(H,27,28). The normalized spacial score (nSPS) is 13.5. The maximum Gasteiger partial charge on any atom is 0.322 e. The van der Waals surface area contributed by atoms with E-state index >= 15 is 0 Å². The molecule has 0 radical (unpaired) electrons. The molecule has 0 heterocycles. The molecular formula is C24H20N2O6. The van der Waals surface area contributed by atoms with Crippen LogP contribution in [0.3, 0.4) is 0 Å². The first kappa shape index (κ1) is 21.2. The summed E-state index contributed by atoms with van der Waals surface area (Å²) in [5.41, 5.74) is 10.8. The van der Waals surface area contributed by atoms with E-state index in [0.717, 1.165) is 22.3 Å². The molecule has 2 unspecified atom stereocenters. The highest BCUT2D eigenvalue weighted by molar-refractivity contribution is 5.95. The van der Waals surface area contributed by atoms with E-state index in [1.807, 2.05) is 42.5 Å². The third kappa shape index (κ3) is 3.83. The number of fused-ring (bicyclic) bond motifs is 3. The van der Waals surface area contributed by atoms with Crippen molar-refractivity contribution in [1.29, 1.82) is 0 Å². The summed E-state index contributed by atoms with van der Waals surface area (Å²) in [7, 11) is 0. The van der Waals surface area contributed by atoms with Crippen molar-refractivity contribution in [3.8, 4) is 11.1 Å². The number of aliphatic carboxylic acids is 1. The quantitative estimate of drug-likeness (QED) is 0.197. The van der Waals surface area contributed by atoms with Crippen LogP contribution in [0.25, 0.3) is 11.1 Å². The Labute approximate surface area is 183 Å². The number of carbonyl (C=O) groups is 2. The van der Waals surface area contributed by atoms with Crippen molar-refractivity contribution in [1.82, 2.24) is 0 Å². The van der Waals surface area contributed by atoms with Crippen LogP contribution in [-0.4, -0.2) is 22.0 Å². The highest BCUT2D eigenvalue weighted by Crippen LogP contribution is 2.38. The second-order valence-electron chi connectivity index (χ2n) is 7.54. The number of nitro groups is 1. The fourth-order valence-electron chi connectivity index (χ4n) is 4.11. The van der Waals surface area contributed by atoms with Crippen LogP contribution in [0, 0.1) is 16.0 Å². The van der Waals surface area contributed by atoms with Crippen molar-refractivity contribution in [3.05, 3.63) is 99.1 Å². The topological polar surface area (TPSA) is 133 Å². The average molecular weight is 432 g/mol. The van der Waals surface area contributed by atoms with Crippen molar-refractivity contribution in [2.75, 3.05) is 0 Å². The molecule has 1 aliphatic carbocycles. The van der Waals surface area contributed by atoms with Crippen LogP contribution < -0.4 is 5.73 Å². The molecule has 0 saturated heterocycles. The molecule has 0 aromatic heterocycles. The molecule has 1 aliphatic rings. The lowest BCUT2D eigenvalue weighted by atomic mass is 9.92. The van der Waals surface area contributed by atoms with Crippen molar-refractivity contribution < 1.29 is 24.4 Å². The van der Waals surface area contributed by atoms with Gasteiger partial charge in [0.25, 0.3) is 5.69 Å². The Morgan fingerprint density at radius 3 is 2.47 bits per heavy atom. The molecule has 2 atom stereocenters. The Morgan fingerprint density at radius 2 is 1.72 bits per heavy atom. The number of para-hydroxylation sites is 1. The molecule has 162 valence electrons. The van der Waals surface area contributed by atoms with E-state index in [4.69, 9.17) is 10.5 Å². The second-order valence-corrected chi connectivity index (χ2v) is 7.54. The minimum Gasteiger partial charge on any atom is -0.481 e. The zero-order chi connectivity index (χ0) is 22.8. The number of ether oxygens (including phenoxy) is 1. The molecule has 8 nitrogen and oxygen atoms in total. The predicted molar refractivity (Wildman–Crippen MR) is 116 cm³/mol. The van der Waals surface area contributed by atoms with Gasteiger partial charge in [-0.1, -0.05) is 60.7 Å². The van der Waals surface area contributed by atoms with Crippen LogP contribution in [0.4, 0.5) is 5.69 Å². The number of nitrogens with two attached hydrogens (primary N) is 1. The molecule has 3 aromatic carbocycles. The van der Waals surface area contributed by atoms with Gasteiger partial charge in [0.2, 0.25) is 0 Å². The summed E-state index contributed by atoms with van der Waals surface area (Å²) in [4.78, 5) is 35.2. The molecule has 0 amide bonds. The maximum atomic E-state index is 12.7. The summed E-state index contributed by atoms with van der Waals surface area (Å²) < 4.78 is 5.35. The van der Waals surface area contributed by atoms with Gasteiger partial charge in [-0.2, -0.15) is 0 Å². The van der Waals surface area contributed by atoms with Gasteiger partial charge in [-0.3, -0.25) is 19.7 Å². The zero-order valence-electron chi connectivity index (χ0n) is 16.9. The molecule has 0 fully saturated rings. The molecule has 0 bridgehead atoms. The van der Waals surface area contributed by atoms with Crippen LogP contribution in [0.2, 0.25) is 0 Å². The number of hydrogen-bond donors (Lipinski definition) is 2. The van der Waals surface area contributed by atoms with Gasteiger partial charge in [0, 0.05) is 11.6 Å². The third-order valence-electron chi connectivity index (χ3n) is 5.69. The lowest BCUT2D eigenvalue weighted by Crippen LogP contribution is -2.36. The van der Waals surface area contributed by atoms with Crippen molar-refractivity contribution in [2.24, 2.45) is 11.7 Å². The van der Waals surface area contributed by atoms with Gasteiger partial charge in [-0.25, -0.2) is 0 Å². The zero-order valence-corrected chi connectivity index (χ0v) is 16.9. The van der Waals surface area contributed by atoms with E-state index in [0.29, 0.717) is 6.42 Å². The molecule has 0 spiro atoms. The van der Waals surface area contributed by atoms with Gasteiger partial charge in [0.15, 0.2) is 5.92 Å². The lowest BCUT2D eigenvalue weighted by Gasteiger charge is -2.19. The highest BCUT2D eigenvalue weighted by atomic mass is 16.6. The number of carboxylic acid groups (broad SMARTS) is 1. The van der Waals surface area contributed by atoms with Gasteiger partial charge in [-0.05, 0) is 34.2 Å². The van der Waals surface area contributed by atoms with E-state index in [-0.39, 0.29) is 17.9 Å². The van der Waals surface area contributed by atoms with E-state index in [1.54, 1.807) is 0 Å². The van der Waals surface area contributed by atoms with E-state index in [1.165, 1.54) is 29.8 Å². The number of hydrogen-bond acceptors (Lipinski definition) is 6. The van der Waals surface area contributed by atoms with Gasteiger partial charge in [-0.15, -0.1) is 0 Å². The monoisotopic (exact) mass is 432 g/mol. The number of nitrogens with zero attached hydrogens (tertiary/aromatic N) is 1. The van der Waals surface area contributed by atoms with Gasteiger partial charge in [0.1, 0.15) is 6.61 Å². The van der Waals surface area contributed by atoms with Gasteiger partial charge < -0.3 is 15.6 Å². The summed E-state index contributed by atoms with van der Waals surface area (Å²) in [6.45, 7) is -0.122. The molecule has 8 heteroatoms. The molecule has 3 N–H and O–H groups in total. The fourth-order valence-corrected chi connectivity index (χ4v) is 4.11. The van der Waals surface area contributed by atoms with E-state index in [2.05, 4.69) is 0 Å². The van der Waals surface area contributed by atoms with Crippen LogP contribution in [0.1, 0.15) is 28.3 Å². The van der Waals surface area contributed by atoms with Crippen LogP contribution in [0.5, 0.6) is 0 Å². The Balaban J connectivity index is 1.55. The van der Waals surface area contributed by atoms with Crippen LogP contribution in [-0.2, 0) is 27.4 Å². The Hall–Kier alpha value is -4.04. The smallest absolute Gasteiger partial charge is 0.322 e. The maximum absolute atomic E-state index is 12.7. The largest absolute Gasteiger partial charge is 0.481 e. The number of rotatable bonds is 7. The molecule has 4 rings (SSSR count). The first-order valence-electron chi connectivity index (χ1n) is 9.96. The number of carbonyl (C=O) groups excluding carboxylic acids is 1. The fraction of sp³-hybridized carbons (Fsp3) is 0.167. The van der Waals surface area contributed by atoms with E-state index in [9.17, 15) is 24.8 Å². The number of benzene rings is 3. The minimum absolute atomic E-state index is 0.0436. The van der Waals surface area contributed by atoms with Crippen molar-refractivity contribution >= 4 is 17.6 Å². The van der Waals surface area contributed by atoms with Crippen LogP contribution >= 0.6 is 0 Å². The third-order valence-corrected chi connectivity index (χ3v) is 5.69. The highest BCUT2D eigenvalue weighted by Gasteiger charge is 2.38. The minimum atomic E-state index is -1.79. The predicted octanol–water partition coefficient (Wildman–Crippen LogP) is 3.61. The first-order valence-corrected chi connectivity index (χ1v) is 9.96. The number of esters is 1. The summed E-state index contributed by atoms with van der Waals surface area (Å²) in [6.07, 6.45) is 0.692.